The largest absolute Gasteiger partial charge is 0.383 e. The van der Waals surface area contributed by atoms with Gasteiger partial charge in [-0.15, -0.1) is 5.10 Å². The molecule has 6 N–H and O–H groups in total. The summed E-state index contributed by atoms with van der Waals surface area (Å²) in [4.78, 5) is 0. The maximum atomic E-state index is 13.2. The predicted molar refractivity (Wildman–Crippen MR) is 69.7 cm³/mol. The molecule has 0 unspecified atom stereocenters. The highest BCUT2D eigenvalue weighted by molar-refractivity contribution is 5.58. The lowest BCUT2D eigenvalue weighted by molar-refractivity contribution is 0.625. The lowest BCUT2D eigenvalue weighted by atomic mass is 10.1. The number of benzene rings is 1. The second-order valence-corrected chi connectivity index (χ2v) is 4.03. The molecule has 0 radical (unpaired) electrons. The van der Waals surface area contributed by atoms with Gasteiger partial charge in [-0.05, 0) is 37.6 Å². The summed E-state index contributed by atoms with van der Waals surface area (Å²) in [5, 5.41) is 4.14. The van der Waals surface area contributed by atoms with E-state index >= 15 is 0 Å². The molecule has 0 saturated heterocycles. The molecule has 6 heteroatoms. The van der Waals surface area contributed by atoms with Crippen molar-refractivity contribution in [1.29, 1.82) is 0 Å². The van der Waals surface area contributed by atoms with Crippen molar-refractivity contribution in [2.24, 2.45) is 5.73 Å². The van der Waals surface area contributed by atoms with Crippen LogP contribution in [-0.4, -0.2) is 16.3 Å². The Kier molecular flexibility index (Phi) is 3.47. The fourth-order valence-corrected chi connectivity index (χ4v) is 1.82. The van der Waals surface area contributed by atoms with Crippen molar-refractivity contribution in [3.05, 3.63) is 35.6 Å². The number of nitrogen functional groups attached to an aromatic ring is 2. The van der Waals surface area contributed by atoms with Gasteiger partial charge in [0.1, 0.15) is 11.6 Å². The van der Waals surface area contributed by atoms with E-state index in [0.717, 1.165) is 12.0 Å². The lowest BCUT2D eigenvalue weighted by Crippen LogP contribution is -2.05. The number of halogens is 1. The van der Waals surface area contributed by atoms with Gasteiger partial charge < -0.3 is 17.2 Å². The summed E-state index contributed by atoms with van der Waals surface area (Å²) in [6.45, 7) is 0.560. The van der Waals surface area contributed by atoms with E-state index in [9.17, 15) is 4.39 Å². The number of nitrogens with zero attached hydrogens (tertiary/aromatic N) is 2. The van der Waals surface area contributed by atoms with Crippen molar-refractivity contribution < 1.29 is 4.39 Å². The van der Waals surface area contributed by atoms with Crippen molar-refractivity contribution in [2.75, 3.05) is 18.0 Å². The number of hydrogen-bond acceptors (Lipinski definition) is 4. The number of aromatic nitrogens is 2. The summed E-state index contributed by atoms with van der Waals surface area (Å²) in [6, 6.07) is 6.04. The molecule has 0 aliphatic carbocycles. The molecule has 1 aromatic carbocycles. The Morgan fingerprint density at radius 1 is 1.28 bits per heavy atom. The normalized spacial score (nSPS) is 10.8. The van der Waals surface area contributed by atoms with Crippen LogP contribution in [0.25, 0.3) is 5.69 Å². The van der Waals surface area contributed by atoms with E-state index in [1.807, 2.05) is 0 Å². The second kappa shape index (κ2) is 5.05. The lowest BCUT2D eigenvalue weighted by Gasteiger charge is -2.04. The van der Waals surface area contributed by atoms with E-state index in [-0.39, 0.29) is 5.82 Å². The first-order valence-electron chi connectivity index (χ1n) is 5.72. The number of rotatable bonds is 4. The highest BCUT2D eigenvalue weighted by Crippen LogP contribution is 2.24. The minimum absolute atomic E-state index is 0.343. The van der Waals surface area contributed by atoms with Crippen LogP contribution in [0.5, 0.6) is 0 Å². The first-order chi connectivity index (χ1) is 8.63. The van der Waals surface area contributed by atoms with Crippen LogP contribution in [0, 0.1) is 5.82 Å². The molecule has 18 heavy (non-hydrogen) atoms. The first kappa shape index (κ1) is 12.4. The molecule has 2 rings (SSSR count). The molecule has 0 fully saturated rings. The third-order valence-electron chi connectivity index (χ3n) is 2.74. The van der Waals surface area contributed by atoms with Gasteiger partial charge in [-0.3, -0.25) is 0 Å². The van der Waals surface area contributed by atoms with Crippen LogP contribution in [0.4, 0.5) is 16.0 Å². The summed E-state index contributed by atoms with van der Waals surface area (Å²) >= 11 is 0. The van der Waals surface area contributed by atoms with Gasteiger partial charge in [-0.1, -0.05) is 6.07 Å². The van der Waals surface area contributed by atoms with Gasteiger partial charge >= 0.3 is 0 Å². The van der Waals surface area contributed by atoms with E-state index in [4.69, 9.17) is 17.2 Å². The van der Waals surface area contributed by atoms with Crippen molar-refractivity contribution >= 4 is 11.6 Å². The molecule has 2 aromatic rings. The molecule has 0 atom stereocenters. The Morgan fingerprint density at radius 2 is 2.06 bits per heavy atom. The molecule has 0 aliphatic heterocycles. The molecular formula is C12H16FN5. The van der Waals surface area contributed by atoms with Crippen molar-refractivity contribution in [1.82, 2.24) is 9.78 Å². The highest BCUT2D eigenvalue weighted by Gasteiger charge is 2.14. The van der Waals surface area contributed by atoms with Crippen LogP contribution in [0.1, 0.15) is 12.0 Å². The molecule has 1 aromatic heterocycles. The average molecular weight is 249 g/mol. The van der Waals surface area contributed by atoms with Crippen LogP contribution < -0.4 is 17.2 Å². The van der Waals surface area contributed by atoms with Gasteiger partial charge in [-0.25, -0.2) is 9.07 Å². The molecule has 96 valence electrons. The topological polar surface area (TPSA) is 95.9 Å². The van der Waals surface area contributed by atoms with E-state index in [1.165, 1.54) is 16.8 Å². The quantitative estimate of drug-likeness (QED) is 0.755. The zero-order chi connectivity index (χ0) is 13.1. The minimum atomic E-state index is -0.343. The van der Waals surface area contributed by atoms with Crippen LogP contribution >= 0.6 is 0 Å². The fourth-order valence-electron chi connectivity index (χ4n) is 1.82. The third-order valence-corrected chi connectivity index (χ3v) is 2.74. The smallest absolute Gasteiger partial charge is 0.151 e. The predicted octanol–water partition coefficient (Wildman–Crippen LogP) is 1.07. The van der Waals surface area contributed by atoms with Gasteiger partial charge in [0.15, 0.2) is 5.82 Å². The summed E-state index contributed by atoms with van der Waals surface area (Å²) in [7, 11) is 0. The zero-order valence-electron chi connectivity index (χ0n) is 9.94. The number of hydrogen-bond donors (Lipinski definition) is 3. The number of nitrogens with two attached hydrogens (primary N) is 3. The average Bonchev–Trinajstić information content (AvgIpc) is 2.63. The monoisotopic (exact) mass is 249 g/mol. The van der Waals surface area contributed by atoms with Gasteiger partial charge in [0.2, 0.25) is 0 Å². The Bertz CT molecular complexity index is 549. The Morgan fingerprint density at radius 3 is 2.72 bits per heavy atom. The third kappa shape index (κ3) is 2.28. The van der Waals surface area contributed by atoms with E-state index in [1.54, 1.807) is 12.1 Å². The van der Waals surface area contributed by atoms with E-state index in [0.29, 0.717) is 30.3 Å². The SMILES string of the molecule is NCCCc1c(N)nn(-c2cccc(F)c2)c1N. The van der Waals surface area contributed by atoms with Gasteiger partial charge in [0.25, 0.3) is 0 Å². The Hall–Kier alpha value is -2.08. The van der Waals surface area contributed by atoms with Crippen molar-refractivity contribution in [3.8, 4) is 5.69 Å². The minimum Gasteiger partial charge on any atom is -0.383 e. The summed E-state index contributed by atoms with van der Waals surface area (Å²) in [5.74, 6) is 0.459. The fraction of sp³-hybridized carbons (Fsp3) is 0.250. The molecule has 0 aliphatic rings. The molecule has 0 bridgehead atoms. The maximum Gasteiger partial charge on any atom is 0.151 e. The van der Waals surface area contributed by atoms with Crippen LogP contribution in [-0.2, 0) is 6.42 Å². The zero-order valence-corrected chi connectivity index (χ0v) is 9.94. The molecule has 0 saturated carbocycles. The maximum absolute atomic E-state index is 13.2. The Labute approximate surface area is 104 Å². The summed E-state index contributed by atoms with van der Waals surface area (Å²) in [5.41, 5.74) is 18.6. The van der Waals surface area contributed by atoms with E-state index in [2.05, 4.69) is 5.10 Å². The molecule has 1 heterocycles. The molecular weight excluding hydrogens is 233 g/mol. The number of anilines is 2. The van der Waals surface area contributed by atoms with Crippen molar-refractivity contribution in [2.45, 2.75) is 12.8 Å². The van der Waals surface area contributed by atoms with E-state index < -0.39 is 0 Å². The summed E-state index contributed by atoms with van der Waals surface area (Å²) in [6.07, 6.45) is 1.45. The van der Waals surface area contributed by atoms with Crippen LogP contribution in [0.15, 0.2) is 24.3 Å². The first-order valence-corrected chi connectivity index (χ1v) is 5.72. The molecule has 5 nitrogen and oxygen atoms in total. The van der Waals surface area contributed by atoms with Gasteiger partial charge in [0.05, 0.1) is 5.69 Å². The summed E-state index contributed by atoms with van der Waals surface area (Å²) < 4.78 is 14.6. The molecule has 0 spiro atoms. The second-order valence-electron chi connectivity index (χ2n) is 4.03. The van der Waals surface area contributed by atoms with Crippen LogP contribution in [0.3, 0.4) is 0 Å². The van der Waals surface area contributed by atoms with Gasteiger partial charge in [-0.2, -0.15) is 0 Å². The standard InChI is InChI=1S/C12H16FN5/c13-8-3-1-4-9(7-8)18-12(16)10(5-2-6-14)11(15)17-18/h1,3-4,7H,2,5-6,14,16H2,(H2,15,17). The highest BCUT2D eigenvalue weighted by atomic mass is 19.1. The Balaban J connectivity index is 2.40. The van der Waals surface area contributed by atoms with Crippen LogP contribution in [0.2, 0.25) is 0 Å². The van der Waals surface area contributed by atoms with Gasteiger partial charge in [0, 0.05) is 5.56 Å². The molecule has 0 amide bonds. The van der Waals surface area contributed by atoms with Crippen molar-refractivity contribution in [3.63, 3.8) is 0 Å².